The average molecular weight is 262 g/mol. The van der Waals surface area contributed by atoms with Crippen LogP contribution in [0.25, 0.3) is 0 Å². The summed E-state index contributed by atoms with van der Waals surface area (Å²) in [4.78, 5) is 25.0. The Labute approximate surface area is 112 Å². The van der Waals surface area contributed by atoms with Gasteiger partial charge in [0.25, 0.3) is 0 Å². The van der Waals surface area contributed by atoms with Crippen LogP contribution >= 0.6 is 0 Å². The predicted molar refractivity (Wildman–Crippen MR) is 73.3 cm³/mol. The van der Waals surface area contributed by atoms with Crippen molar-refractivity contribution in [2.75, 3.05) is 30.5 Å². The van der Waals surface area contributed by atoms with Crippen LogP contribution in [0.4, 0.5) is 11.4 Å². The molecule has 0 fully saturated rings. The van der Waals surface area contributed by atoms with E-state index >= 15 is 0 Å². The topological polar surface area (TPSA) is 58.6 Å². The Hall–Kier alpha value is -1.88. The van der Waals surface area contributed by atoms with Crippen LogP contribution in [0.5, 0.6) is 0 Å². The first kappa shape index (κ1) is 13.5. The van der Waals surface area contributed by atoms with E-state index in [0.717, 1.165) is 23.4 Å². The van der Waals surface area contributed by atoms with Crippen molar-refractivity contribution < 1.29 is 14.3 Å². The van der Waals surface area contributed by atoms with Crippen LogP contribution in [0, 0.1) is 0 Å². The van der Waals surface area contributed by atoms with Gasteiger partial charge in [-0.25, -0.2) is 0 Å². The van der Waals surface area contributed by atoms with Gasteiger partial charge < -0.3 is 15.0 Å². The standard InChI is InChI=1S/C14H18N2O3/c1-3-16-12-6-5-11(15-13(17)9-19-2)8-10(12)4-7-14(16)18/h5-6,8H,3-4,7,9H2,1-2H3,(H,15,17). The molecule has 0 unspecified atom stereocenters. The summed E-state index contributed by atoms with van der Waals surface area (Å²) in [7, 11) is 1.48. The highest BCUT2D eigenvalue weighted by Gasteiger charge is 2.22. The van der Waals surface area contributed by atoms with Gasteiger partial charge >= 0.3 is 0 Å². The lowest BCUT2D eigenvalue weighted by Crippen LogP contribution is -2.34. The van der Waals surface area contributed by atoms with Gasteiger partial charge in [0.15, 0.2) is 0 Å². The molecular formula is C14H18N2O3. The van der Waals surface area contributed by atoms with Crippen LogP contribution in [0.15, 0.2) is 18.2 Å². The number of hydrogen-bond donors (Lipinski definition) is 1. The second-order valence-corrected chi connectivity index (χ2v) is 4.46. The summed E-state index contributed by atoms with van der Waals surface area (Å²) < 4.78 is 4.77. The largest absolute Gasteiger partial charge is 0.375 e. The number of carbonyl (C=O) groups excluding carboxylic acids is 2. The number of nitrogens with one attached hydrogen (secondary N) is 1. The molecule has 5 heteroatoms. The Kier molecular flexibility index (Phi) is 4.16. The smallest absolute Gasteiger partial charge is 0.250 e. The summed E-state index contributed by atoms with van der Waals surface area (Å²) in [6.07, 6.45) is 1.25. The van der Waals surface area contributed by atoms with Crippen LogP contribution in [0.1, 0.15) is 18.9 Å². The maximum Gasteiger partial charge on any atom is 0.250 e. The number of fused-ring (bicyclic) bond motifs is 1. The summed E-state index contributed by atoms with van der Waals surface area (Å²) in [5.41, 5.74) is 2.78. The van der Waals surface area contributed by atoms with Gasteiger partial charge in [0.05, 0.1) is 0 Å². The fourth-order valence-electron chi connectivity index (χ4n) is 2.31. The molecule has 0 radical (unpaired) electrons. The van der Waals surface area contributed by atoms with Gasteiger partial charge in [0.2, 0.25) is 11.8 Å². The third-order valence-electron chi connectivity index (χ3n) is 3.15. The summed E-state index contributed by atoms with van der Waals surface area (Å²) >= 11 is 0. The van der Waals surface area contributed by atoms with Gasteiger partial charge in [-0.15, -0.1) is 0 Å². The quantitative estimate of drug-likeness (QED) is 0.896. The maximum atomic E-state index is 11.8. The lowest BCUT2D eigenvalue weighted by atomic mass is 10.0. The van der Waals surface area contributed by atoms with Crippen molar-refractivity contribution in [3.8, 4) is 0 Å². The van der Waals surface area contributed by atoms with Crippen LogP contribution in [0.3, 0.4) is 0 Å². The minimum atomic E-state index is -0.179. The Morgan fingerprint density at radius 2 is 2.21 bits per heavy atom. The first-order valence-corrected chi connectivity index (χ1v) is 6.37. The molecular weight excluding hydrogens is 244 g/mol. The molecule has 1 N–H and O–H groups in total. The van der Waals surface area contributed by atoms with Gasteiger partial charge in [-0.1, -0.05) is 0 Å². The normalized spacial score (nSPS) is 14.2. The van der Waals surface area contributed by atoms with Crippen molar-refractivity contribution in [2.45, 2.75) is 19.8 Å². The van der Waals surface area contributed by atoms with Crippen molar-refractivity contribution in [3.05, 3.63) is 23.8 Å². The molecule has 0 atom stereocenters. The molecule has 5 nitrogen and oxygen atoms in total. The lowest BCUT2D eigenvalue weighted by molar-refractivity contribution is -0.120. The van der Waals surface area contributed by atoms with E-state index in [2.05, 4.69) is 5.32 Å². The molecule has 1 aliphatic rings. The monoisotopic (exact) mass is 262 g/mol. The Morgan fingerprint density at radius 3 is 2.89 bits per heavy atom. The highest BCUT2D eigenvalue weighted by atomic mass is 16.5. The SMILES string of the molecule is CCN1C(=O)CCc2cc(NC(=O)COC)ccc21. The van der Waals surface area contributed by atoms with Gasteiger partial charge in [-0.05, 0) is 37.1 Å². The average Bonchev–Trinajstić information content (AvgIpc) is 2.39. The molecule has 102 valence electrons. The van der Waals surface area contributed by atoms with Crippen molar-refractivity contribution in [2.24, 2.45) is 0 Å². The summed E-state index contributed by atoms with van der Waals surface area (Å²) in [5, 5.41) is 2.77. The van der Waals surface area contributed by atoms with E-state index in [9.17, 15) is 9.59 Å². The molecule has 1 aromatic rings. The number of aryl methyl sites for hydroxylation is 1. The van der Waals surface area contributed by atoms with E-state index in [1.54, 1.807) is 4.90 Å². The summed E-state index contributed by atoms with van der Waals surface area (Å²) in [6.45, 7) is 2.67. The Balaban J connectivity index is 2.20. The number of nitrogens with zero attached hydrogens (tertiary/aromatic N) is 1. The molecule has 0 spiro atoms. The van der Waals surface area contributed by atoms with Gasteiger partial charge in [0.1, 0.15) is 6.61 Å². The molecule has 1 heterocycles. The number of rotatable bonds is 4. The zero-order valence-electron chi connectivity index (χ0n) is 11.2. The number of hydrogen-bond acceptors (Lipinski definition) is 3. The summed E-state index contributed by atoms with van der Waals surface area (Å²) in [6, 6.07) is 5.63. The third-order valence-corrected chi connectivity index (χ3v) is 3.15. The van der Waals surface area contributed by atoms with E-state index in [-0.39, 0.29) is 18.4 Å². The number of benzene rings is 1. The van der Waals surface area contributed by atoms with E-state index in [1.807, 2.05) is 25.1 Å². The van der Waals surface area contributed by atoms with Crippen molar-refractivity contribution >= 4 is 23.2 Å². The fourth-order valence-corrected chi connectivity index (χ4v) is 2.31. The second kappa shape index (κ2) is 5.84. The van der Waals surface area contributed by atoms with Crippen molar-refractivity contribution in [3.63, 3.8) is 0 Å². The molecule has 1 aromatic carbocycles. The van der Waals surface area contributed by atoms with E-state index in [0.29, 0.717) is 13.0 Å². The fraction of sp³-hybridized carbons (Fsp3) is 0.429. The molecule has 2 amide bonds. The minimum absolute atomic E-state index is 0.0383. The Bertz CT molecular complexity index is 499. The molecule has 0 saturated heterocycles. The highest BCUT2D eigenvalue weighted by Crippen LogP contribution is 2.30. The highest BCUT2D eigenvalue weighted by molar-refractivity contribution is 5.97. The van der Waals surface area contributed by atoms with E-state index < -0.39 is 0 Å². The van der Waals surface area contributed by atoms with Crippen molar-refractivity contribution in [1.82, 2.24) is 0 Å². The number of ether oxygens (including phenoxy) is 1. The number of methoxy groups -OCH3 is 1. The first-order valence-electron chi connectivity index (χ1n) is 6.37. The van der Waals surface area contributed by atoms with Gasteiger partial charge in [-0.3, -0.25) is 9.59 Å². The number of amides is 2. The van der Waals surface area contributed by atoms with Crippen LogP contribution in [-0.4, -0.2) is 32.1 Å². The third kappa shape index (κ3) is 2.93. The van der Waals surface area contributed by atoms with Crippen LogP contribution in [-0.2, 0) is 20.7 Å². The molecule has 19 heavy (non-hydrogen) atoms. The zero-order chi connectivity index (χ0) is 13.8. The molecule has 1 aliphatic heterocycles. The number of anilines is 2. The second-order valence-electron chi connectivity index (χ2n) is 4.46. The first-order chi connectivity index (χ1) is 9.15. The minimum Gasteiger partial charge on any atom is -0.375 e. The molecule has 2 rings (SSSR count). The zero-order valence-corrected chi connectivity index (χ0v) is 11.2. The van der Waals surface area contributed by atoms with E-state index in [1.165, 1.54) is 7.11 Å². The molecule has 0 saturated carbocycles. The van der Waals surface area contributed by atoms with Gasteiger partial charge in [-0.2, -0.15) is 0 Å². The van der Waals surface area contributed by atoms with Crippen LogP contribution < -0.4 is 10.2 Å². The number of carbonyl (C=O) groups is 2. The molecule has 0 aliphatic carbocycles. The molecule has 0 bridgehead atoms. The molecule has 0 aromatic heterocycles. The lowest BCUT2D eigenvalue weighted by Gasteiger charge is -2.28. The maximum absolute atomic E-state index is 11.8. The van der Waals surface area contributed by atoms with Crippen molar-refractivity contribution in [1.29, 1.82) is 0 Å². The van der Waals surface area contributed by atoms with Gasteiger partial charge in [0, 0.05) is 31.5 Å². The Morgan fingerprint density at radius 1 is 1.42 bits per heavy atom. The van der Waals surface area contributed by atoms with Crippen LogP contribution in [0.2, 0.25) is 0 Å². The summed E-state index contributed by atoms with van der Waals surface area (Å²) in [5.74, 6) is -0.0205. The predicted octanol–water partition coefficient (Wildman–Crippen LogP) is 1.57. The van der Waals surface area contributed by atoms with E-state index in [4.69, 9.17) is 4.74 Å².